The molecule has 0 bridgehead atoms. The molecule has 1 atom stereocenters. The van der Waals surface area contributed by atoms with Crippen molar-refractivity contribution in [3.63, 3.8) is 0 Å². The quantitative estimate of drug-likeness (QED) is 0.738. The average Bonchev–Trinajstić information content (AvgIpc) is 3.23. The number of hydrogen-bond acceptors (Lipinski definition) is 4. The standard InChI is InChI=1S/C24H33N3O2S/c28-22(19-5-2-1-3-6-19)26-10-8-24(9-11-26)17-21(24)23(29)27-14-12-25(13-15-27)18-20-7-4-16-30-20/h4-5,7,16,21H,1-3,6,8-15,17-18H2/t21-/m1/s1. The molecule has 5 rings (SSSR count). The molecular weight excluding hydrogens is 394 g/mol. The predicted octanol–water partition coefficient (Wildman–Crippen LogP) is 3.52. The molecule has 3 heterocycles. The molecule has 0 unspecified atom stereocenters. The summed E-state index contributed by atoms with van der Waals surface area (Å²) in [5, 5.41) is 2.13. The number of likely N-dealkylation sites (tertiary alicyclic amines) is 1. The van der Waals surface area contributed by atoms with Crippen LogP contribution in [0.15, 0.2) is 29.2 Å². The Morgan fingerprint density at radius 1 is 1.03 bits per heavy atom. The van der Waals surface area contributed by atoms with E-state index < -0.39 is 0 Å². The van der Waals surface area contributed by atoms with Gasteiger partial charge in [0.15, 0.2) is 0 Å². The Morgan fingerprint density at radius 2 is 1.83 bits per heavy atom. The number of amides is 2. The van der Waals surface area contributed by atoms with E-state index in [9.17, 15) is 9.59 Å². The van der Waals surface area contributed by atoms with Gasteiger partial charge in [0, 0.05) is 62.2 Å². The first-order chi connectivity index (χ1) is 14.6. The molecular formula is C24H33N3O2S. The number of allylic oxidation sites excluding steroid dienone is 1. The van der Waals surface area contributed by atoms with Crippen molar-refractivity contribution in [3.05, 3.63) is 34.0 Å². The van der Waals surface area contributed by atoms with Gasteiger partial charge >= 0.3 is 0 Å². The van der Waals surface area contributed by atoms with Crippen LogP contribution in [0.3, 0.4) is 0 Å². The minimum atomic E-state index is 0.183. The van der Waals surface area contributed by atoms with Gasteiger partial charge in [-0.1, -0.05) is 12.1 Å². The van der Waals surface area contributed by atoms with Gasteiger partial charge in [0.05, 0.1) is 0 Å². The number of carbonyl (C=O) groups excluding carboxylic acids is 2. The minimum absolute atomic E-state index is 0.183. The zero-order chi connectivity index (χ0) is 20.6. The molecule has 0 radical (unpaired) electrons. The largest absolute Gasteiger partial charge is 0.340 e. The third kappa shape index (κ3) is 4.09. The Kier molecular flexibility index (Phi) is 5.71. The third-order valence-electron chi connectivity index (χ3n) is 7.74. The molecule has 2 saturated heterocycles. The molecule has 0 aromatic carbocycles. The number of rotatable bonds is 4. The molecule has 5 nitrogen and oxygen atoms in total. The summed E-state index contributed by atoms with van der Waals surface area (Å²) in [7, 11) is 0. The second-order valence-corrected chi connectivity index (χ2v) is 10.6. The number of nitrogens with zero attached hydrogens (tertiary/aromatic N) is 3. The predicted molar refractivity (Wildman–Crippen MR) is 119 cm³/mol. The fraction of sp³-hybridized carbons (Fsp3) is 0.667. The van der Waals surface area contributed by atoms with Gasteiger partial charge < -0.3 is 9.80 Å². The van der Waals surface area contributed by atoms with Crippen molar-refractivity contribution in [1.29, 1.82) is 0 Å². The Bertz CT molecular complexity index is 802. The molecule has 1 aromatic rings. The highest BCUT2D eigenvalue weighted by Crippen LogP contribution is 2.60. The number of carbonyl (C=O) groups is 2. The lowest BCUT2D eigenvalue weighted by Crippen LogP contribution is -2.49. The van der Waals surface area contributed by atoms with E-state index in [0.29, 0.717) is 5.91 Å². The zero-order valence-corrected chi connectivity index (χ0v) is 18.7. The third-order valence-corrected chi connectivity index (χ3v) is 8.60. The lowest BCUT2D eigenvalue weighted by atomic mass is 9.89. The van der Waals surface area contributed by atoms with Crippen LogP contribution in [-0.2, 0) is 16.1 Å². The maximum atomic E-state index is 13.1. The Balaban J connectivity index is 1.09. The molecule has 1 saturated carbocycles. The van der Waals surface area contributed by atoms with Crippen LogP contribution in [0.25, 0.3) is 0 Å². The molecule has 2 aliphatic heterocycles. The maximum absolute atomic E-state index is 13.1. The smallest absolute Gasteiger partial charge is 0.249 e. The van der Waals surface area contributed by atoms with E-state index in [2.05, 4.69) is 33.4 Å². The summed E-state index contributed by atoms with van der Waals surface area (Å²) in [5.74, 6) is 0.836. The number of piperidine rings is 1. The maximum Gasteiger partial charge on any atom is 0.249 e. The van der Waals surface area contributed by atoms with E-state index in [1.165, 1.54) is 11.3 Å². The van der Waals surface area contributed by atoms with E-state index >= 15 is 0 Å². The summed E-state index contributed by atoms with van der Waals surface area (Å²) >= 11 is 1.81. The molecule has 2 amide bonds. The zero-order valence-electron chi connectivity index (χ0n) is 17.9. The van der Waals surface area contributed by atoms with Crippen molar-refractivity contribution in [2.24, 2.45) is 11.3 Å². The molecule has 162 valence electrons. The van der Waals surface area contributed by atoms with Crippen LogP contribution >= 0.6 is 11.3 Å². The van der Waals surface area contributed by atoms with E-state index in [4.69, 9.17) is 0 Å². The van der Waals surface area contributed by atoms with Crippen molar-refractivity contribution in [2.45, 2.75) is 51.5 Å². The van der Waals surface area contributed by atoms with Crippen molar-refractivity contribution < 1.29 is 9.59 Å². The second kappa shape index (κ2) is 8.46. The van der Waals surface area contributed by atoms with Crippen LogP contribution in [0.4, 0.5) is 0 Å². The van der Waals surface area contributed by atoms with E-state index in [1.54, 1.807) is 0 Å². The fourth-order valence-electron chi connectivity index (χ4n) is 5.61. The normalized spacial score (nSPS) is 26.5. The highest BCUT2D eigenvalue weighted by molar-refractivity contribution is 7.09. The second-order valence-electron chi connectivity index (χ2n) is 9.57. The van der Waals surface area contributed by atoms with Gasteiger partial charge in [0.2, 0.25) is 11.8 Å². The van der Waals surface area contributed by atoms with Gasteiger partial charge in [-0.2, -0.15) is 0 Å². The Hall–Kier alpha value is -1.66. The molecule has 2 aliphatic carbocycles. The van der Waals surface area contributed by atoms with E-state index in [0.717, 1.165) is 89.9 Å². The monoisotopic (exact) mass is 427 g/mol. The van der Waals surface area contributed by atoms with Gasteiger partial charge in [-0.15, -0.1) is 11.3 Å². The fourth-order valence-corrected chi connectivity index (χ4v) is 6.36. The summed E-state index contributed by atoms with van der Waals surface area (Å²) in [6, 6.07) is 4.30. The summed E-state index contributed by atoms with van der Waals surface area (Å²) < 4.78 is 0. The molecule has 0 N–H and O–H groups in total. The van der Waals surface area contributed by atoms with Crippen molar-refractivity contribution in [1.82, 2.24) is 14.7 Å². The lowest BCUT2D eigenvalue weighted by Gasteiger charge is -2.36. The number of thiophene rings is 1. The summed E-state index contributed by atoms with van der Waals surface area (Å²) in [4.78, 5) is 33.9. The Morgan fingerprint density at radius 3 is 2.50 bits per heavy atom. The van der Waals surface area contributed by atoms with Gasteiger partial charge in [-0.25, -0.2) is 0 Å². The lowest BCUT2D eigenvalue weighted by molar-refractivity contribution is -0.135. The van der Waals surface area contributed by atoms with E-state index in [-0.39, 0.29) is 17.2 Å². The van der Waals surface area contributed by atoms with Crippen molar-refractivity contribution in [3.8, 4) is 0 Å². The summed E-state index contributed by atoms with van der Waals surface area (Å²) in [6.07, 6.45) is 9.54. The van der Waals surface area contributed by atoms with Gasteiger partial charge in [-0.3, -0.25) is 14.5 Å². The highest BCUT2D eigenvalue weighted by Gasteiger charge is 2.59. The van der Waals surface area contributed by atoms with Crippen LogP contribution in [0.5, 0.6) is 0 Å². The first-order valence-electron chi connectivity index (χ1n) is 11.7. The molecule has 1 aromatic heterocycles. The summed E-state index contributed by atoms with van der Waals surface area (Å²) in [5.41, 5.74) is 1.21. The SMILES string of the molecule is O=C(C1=CCCCC1)N1CCC2(CC1)C[C@@H]2C(=O)N1CCN(Cc2cccs2)CC1. The van der Waals surface area contributed by atoms with Crippen LogP contribution in [0, 0.1) is 11.3 Å². The number of hydrogen-bond donors (Lipinski definition) is 0. The summed E-state index contributed by atoms with van der Waals surface area (Å²) in [6.45, 7) is 6.32. The van der Waals surface area contributed by atoms with Crippen LogP contribution in [0.1, 0.15) is 49.8 Å². The van der Waals surface area contributed by atoms with Crippen LogP contribution < -0.4 is 0 Å². The molecule has 30 heavy (non-hydrogen) atoms. The van der Waals surface area contributed by atoms with Crippen LogP contribution in [0.2, 0.25) is 0 Å². The van der Waals surface area contributed by atoms with Gasteiger partial charge in [-0.05, 0) is 61.8 Å². The molecule has 4 aliphatic rings. The van der Waals surface area contributed by atoms with Gasteiger partial charge in [0.25, 0.3) is 0 Å². The highest BCUT2D eigenvalue weighted by atomic mass is 32.1. The van der Waals surface area contributed by atoms with Crippen LogP contribution in [-0.4, -0.2) is 65.8 Å². The first kappa shape index (κ1) is 20.3. The first-order valence-corrected chi connectivity index (χ1v) is 12.5. The van der Waals surface area contributed by atoms with Crippen molar-refractivity contribution in [2.75, 3.05) is 39.3 Å². The van der Waals surface area contributed by atoms with Gasteiger partial charge in [0.1, 0.15) is 0 Å². The van der Waals surface area contributed by atoms with E-state index in [1.807, 2.05) is 16.2 Å². The average molecular weight is 428 g/mol. The molecule has 1 spiro atoms. The Labute approximate surface area is 183 Å². The molecule has 3 fully saturated rings. The molecule has 6 heteroatoms. The van der Waals surface area contributed by atoms with Crippen molar-refractivity contribution >= 4 is 23.2 Å². The topological polar surface area (TPSA) is 43.9 Å². The number of piperazine rings is 1. The minimum Gasteiger partial charge on any atom is -0.340 e.